The van der Waals surface area contributed by atoms with Gasteiger partial charge in [-0.05, 0) is 81.2 Å². The Morgan fingerprint density at radius 1 is 0.481 bits per heavy atom. The summed E-state index contributed by atoms with van der Waals surface area (Å²) in [5.74, 6) is 0.612. The van der Waals surface area contributed by atoms with E-state index in [2.05, 4.69) is 218 Å². The van der Waals surface area contributed by atoms with Crippen LogP contribution in [0.4, 0.5) is 22.7 Å². The third kappa shape index (κ3) is 5.73. The maximum Gasteiger partial charge on any atom is 0.0567 e. The molecule has 2 nitrogen and oxygen atoms in total. The van der Waals surface area contributed by atoms with E-state index < -0.39 is 0 Å². The van der Waals surface area contributed by atoms with Crippen molar-refractivity contribution in [2.75, 3.05) is 16.8 Å². The van der Waals surface area contributed by atoms with Crippen LogP contribution in [-0.2, 0) is 0 Å². The Balaban J connectivity index is 1.04. The summed E-state index contributed by atoms with van der Waals surface area (Å²) >= 11 is 0. The smallest absolute Gasteiger partial charge is 0.0567 e. The van der Waals surface area contributed by atoms with Crippen molar-refractivity contribution in [2.24, 2.45) is 5.92 Å². The fourth-order valence-electron chi connectivity index (χ4n) is 8.03. The highest BCUT2D eigenvalue weighted by Crippen LogP contribution is 2.42. The lowest BCUT2D eigenvalue weighted by molar-refractivity contribution is 0.627. The lowest BCUT2D eigenvalue weighted by Gasteiger charge is -2.31. The molecule has 0 bridgehead atoms. The van der Waals surface area contributed by atoms with E-state index in [-0.39, 0.29) is 5.92 Å². The van der Waals surface area contributed by atoms with Crippen molar-refractivity contribution in [1.29, 1.82) is 0 Å². The monoisotopic (exact) mass is 668 g/mol. The maximum atomic E-state index is 2.44. The molecule has 52 heavy (non-hydrogen) atoms. The molecular weight excluding hydrogens is 629 g/mol. The first-order valence-corrected chi connectivity index (χ1v) is 18.2. The molecule has 0 saturated carbocycles. The number of anilines is 4. The van der Waals surface area contributed by atoms with Crippen LogP contribution >= 0.6 is 0 Å². The fourth-order valence-corrected chi connectivity index (χ4v) is 8.03. The maximum absolute atomic E-state index is 2.44. The number of hydrogen-bond acceptors (Lipinski definition) is 2. The van der Waals surface area contributed by atoms with E-state index in [9.17, 15) is 0 Å². The van der Waals surface area contributed by atoms with Gasteiger partial charge in [0, 0.05) is 46.2 Å². The second-order valence-corrected chi connectivity index (χ2v) is 13.9. The van der Waals surface area contributed by atoms with E-state index in [1.54, 1.807) is 0 Å². The van der Waals surface area contributed by atoms with E-state index >= 15 is 0 Å². The van der Waals surface area contributed by atoms with Gasteiger partial charge >= 0.3 is 0 Å². The van der Waals surface area contributed by atoms with E-state index in [1.165, 1.54) is 66.1 Å². The van der Waals surface area contributed by atoms with Crippen molar-refractivity contribution in [3.63, 3.8) is 0 Å². The third-order valence-electron chi connectivity index (χ3n) is 10.7. The summed E-state index contributed by atoms with van der Waals surface area (Å²) in [7, 11) is 2.21. The van der Waals surface area contributed by atoms with Crippen LogP contribution in [0.1, 0.15) is 18.4 Å². The molecule has 250 valence electrons. The molecule has 2 atom stereocenters. The van der Waals surface area contributed by atoms with E-state index in [0.717, 1.165) is 11.4 Å². The summed E-state index contributed by atoms with van der Waals surface area (Å²) in [6.07, 6.45) is 7.14. The van der Waals surface area contributed by atoms with Gasteiger partial charge in [-0.15, -0.1) is 0 Å². The first kappa shape index (κ1) is 31.6. The highest BCUT2D eigenvalue weighted by atomic mass is 15.1. The molecule has 0 radical (unpaired) electrons. The Hall–Kier alpha value is -6.38. The first-order valence-electron chi connectivity index (χ1n) is 18.2. The van der Waals surface area contributed by atoms with Crippen molar-refractivity contribution in [3.8, 4) is 11.1 Å². The summed E-state index contributed by atoms with van der Waals surface area (Å²) in [6.45, 7) is 2.34. The van der Waals surface area contributed by atoms with Crippen LogP contribution in [0, 0.1) is 5.92 Å². The van der Waals surface area contributed by atoms with Gasteiger partial charge in [-0.3, -0.25) is 0 Å². The second-order valence-electron chi connectivity index (χ2n) is 13.9. The number of allylic oxidation sites excluding steroid dienone is 3. The van der Waals surface area contributed by atoms with Crippen molar-refractivity contribution in [3.05, 3.63) is 205 Å². The summed E-state index contributed by atoms with van der Waals surface area (Å²) in [5.41, 5.74) is 9.66. The summed E-state index contributed by atoms with van der Waals surface area (Å²) in [4.78, 5) is 4.77. The molecule has 8 aromatic rings. The Labute approximate surface area is 306 Å². The minimum absolute atomic E-state index is 0.284. The first-order chi connectivity index (χ1) is 25.6. The van der Waals surface area contributed by atoms with Crippen LogP contribution in [0.2, 0.25) is 0 Å². The molecule has 0 fully saturated rings. The fraction of sp³-hybridized carbons (Fsp3) is 0.0800. The van der Waals surface area contributed by atoms with Gasteiger partial charge in [0.1, 0.15) is 0 Å². The quantitative estimate of drug-likeness (QED) is 0.156. The summed E-state index contributed by atoms with van der Waals surface area (Å²) in [5, 5.41) is 7.53. The molecule has 0 heterocycles. The van der Waals surface area contributed by atoms with Gasteiger partial charge in [-0.1, -0.05) is 159 Å². The molecule has 0 N–H and O–H groups in total. The average Bonchev–Trinajstić information content (AvgIpc) is 3.21. The molecule has 1 aliphatic rings. The molecule has 2 unspecified atom stereocenters. The Kier molecular flexibility index (Phi) is 8.14. The molecule has 2 heteroatoms. The molecule has 0 saturated heterocycles. The predicted molar refractivity (Wildman–Crippen MR) is 223 cm³/mol. The Morgan fingerprint density at radius 2 is 1.02 bits per heavy atom. The number of benzene rings is 8. The molecule has 0 amide bonds. The zero-order valence-electron chi connectivity index (χ0n) is 29.5. The van der Waals surface area contributed by atoms with Crippen LogP contribution in [0.3, 0.4) is 0 Å². The molecule has 8 aromatic carbocycles. The van der Waals surface area contributed by atoms with E-state index in [1.807, 2.05) is 0 Å². The number of nitrogens with zero attached hydrogens (tertiary/aromatic N) is 2. The van der Waals surface area contributed by atoms with Gasteiger partial charge < -0.3 is 9.80 Å². The Bertz CT molecular complexity index is 2540. The van der Waals surface area contributed by atoms with Gasteiger partial charge in [-0.2, -0.15) is 0 Å². The SMILES string of the molecule is CC1C=C(N(C)c2c3ccccc3cc3ccccc23)C=CC1c1ccc(N(c2ccc(-c3ccccc3)cc2)c2cccc3ccccc23)cc1. The predicted octanol–water partition coefficient (Wildman–Crippen LogP) is 13.6. The third-order valence-corrected chi connectivity index (χ3v) is 10.7. The molecular formula is C50H40N2. The van der Waals surface area contributed by atoms with Gasteiger partial charge in [0.15, 0.2) is 0 Å². The van der Waals surface area contributed by atoms with Gasteiger partial charge in [0.2, 0.25) is 0 Å². The lowest BCUT2D eigenvalue weighted by atomic mass is 9.83. The zero-order chi connectivity index (χ0) is 35.0. The largest absolute Gasteiger partial charge is 0.344 e. The van der Waals surface area contributed by atoms with Gasteiger partial charge in [0.25, 0.3) is 0 Å². The van der Waals surface area contributed by atoms with Crippen LogP contribution in [-0.4, -0.2) is 7.05 Å². The molecule has 0 aromatic heterocycles. The number of hydrogen-bond donors (Lipinski definition) is 0. The highest BCUT2D eigenvalue weighted by molar-refractivity contribution is 6.12. The van der Waals surface area contributed by atoms with Crippen molar-refractivity contribution < 1.29 is 0 Å². The Morgan fingerprint density at radius 3 is 1.67 bits per heavy atom. The topological polar surface area (TPSA) is 6.48 Å². The highest BCUT2D eigenvalue weighted by Gasteiger charge is 2.23. The molecule has 0 spiro atoms. The summed E-state index contributed by atoms with van der Waals surface area (Å²) < 4.78 is 0. The van der Waals surface area contributed by atoms with Crippen molar-refractivity contribution in [1.82, 2.24) is 0 Å². The molecule has 0 aliphatic heterocycles. The van der Waals surface area contributed by atoms with Crippen LogP contribution in [0.25, 0.3) is 43.4 Å². The van der Waals surface area contributed by atoms with Crippen LogP contribution < -0.4 is 9.80 Å². The van der Waals surface area contributed by atoms with Gasteiger partial charge in [0.05, 0.1) is 11.4 Å². The minimum Gasteiger partial charge on any atom is -0.344 e. The number of rotatable bonds is 7. The van der Waals surface area contributed by atoms with Gasteiger partial charge in [-0.25, -0.2) is 0 Å². The van der Waals surface area contributed by atoms with E-state index in [4.69, 9.17) is 0 Å². The molecule has 1 aliphatic carbocycles. The zero-order valence-corrected chi connectivity index (χ0v) is 29.5. The molecule has 9 rings (SSSR count). The minimum atomic E-state index is 0.284. The summed E-state index contributed by atoms with van der Waals surface area (Å²) in [6, 6.07) is 63.7. The van der Waals surface area contributed by atoms with E-state index in [0.29, 0.717) is 5.92 Å². The van der Waals surface area contributed by atoms with Crippen molar-refractivity contribution >= 4 is 55.1 Å². The average molecular weight is 669 g/mol. The van der Waals surface area contributed by atoms with Crippen LogP contribution in [0.15, 0.2) is 200 Å². The second kappa shape index (κ2) is 13.4. The number of likely N-dealkylation sites (N-methyl/N-ethyl adjacent to an activating group) is 1. The van der Waals surface area contributed by atoms with Crippen LogP contribution in [0.5, 0.6) is 0 Å². The standard InChI is InChI=1S/C50H40N2/c1-35-33-44(51(2)50-47-20-10-7-16-40(47)34-41-17-8-11-21-48(41)50)31-32-45(35)39-25-29-43(30-26-39)52(49-22-12-18-38-15-6-9-19-46(38)49)42-27-23-37(24-28-42)36-13-4-3-5-14-36/h3-35,45H,1-2H3. The number of fused-ring (bicyclic) bond motifs is 3. The van der Waals surface area contributed by atoms with Crippen molar-refractivity contribution in [2.45, 2.75) is 12.8 Å². The normalized spacial score (nSPS) is 15.5. The lowest BCUT2D eigenvalue weighted by Crippen LogP contribution is -2.20.